The number of rotatable bonds is 8. The van der Waals surface area contributed by atoms with Gasteiger partial charge in [-0.1, -0.05) is 0 Å². The molecule has 0 aliphatic carbocycles. The molecule has 0 bridgehead atoms. The molecule has 28 heavy (non-hydrogen) atoms. The summed E-state index contributed by atoms with van der Waals surface area (Å²) in [4.78, 5) is 36.3. The van der Waals surface area contributed by atoms with Crippen LogP contribution in [0.25, 0.3) is 0 Å². The molecule has 0 fully saturated rings. The second-order valence-electron chi connectivity index (χ2n) is 6.09. The number of anilines is 3. The number of amides is 3. The summed E-state index contributed by atoms with van der Waals surface area (Å²) in [5, 5.41) is 19.4. The highest BCUT2D eigenvalue weighted by Crippen LogP contribution is 2.21. The first-order valence-corrected chi connectivity index (χ1v) is 9.57. The number of hydrogen-bond acceptors (Lipinski definition) is 5. The summed E-state index contributed by atoms with van der Waals surface area (Å²) in [6.45, 7) is 4.16. The zero-order valence-electron chi connectivity index (χ0n) is 15.7. The largest absolute Gasteiger partial charge is 0.326 e. The number of quaternary nitrogens is 1. The van der Waals surface area contributed by atoms with Crippen LogP contribution in [0.1, 0.15) is 19.4 Å². The van der Waals surface area contributed by atoms with Crippen LogP contribution in [-0.4, -0.2) is 37.4 Å². The quantitative estimate of drug-likeness (QED) is 0.530. The lowest BCUT2D eigenvalue weighted by Gasteiger charge is -2.17. The number of nitrogens with one attached hydrogen (secondary N) is 4. The molecule has 2 rings (SSSR count). The van der Waals surface area contributed by atoms with E-state index in [1.165, 1.54) is 18.3 Å². The maximum Gasteiger partial charge on any atom is 0.280 e. The summed E-state index contributed by atoms with van der Waals surface area (Å²) in [5.41, 5.74) is 1.68. The molecule has 1 heterocycles. The van der Waals surface area contributed by atoms with Gasteiger partial charge in [-0.05, 0) is 42.6 Å². The average molecular weight is 400 g/mol. The third-order valence-corrected chi connectivity index (χ3v) is 4.68. The lowest BCUT2D eigenvalue weighted by atomic mass is 10.2. The summed E-state index contributed by atoms with van der Waals surface area (Å²) in [6, 6.07) is 10.5. The Kier molecular flexibility index (Phi) is 7.68. The standard InChI is InChI=1S/C19H21N5O3S/c1-3-24(12-18(27)23-19-14(10-20)8-9-28-19)11-17(26)22-16-6-4-15(5-7-16)21-13(2)25/h4-9H,3,11-12H2,1-2H3,(H,21,25)(H,22,26)(H,23,27)/p+1. The second-order valence-corrected chi connectivity index (χ2v) is 7.00. The Bertz CT molecular complexity index is 886. The molecule has 0 spiro atoms. The zero-order valence-corrected chi connectivity index (χ0v) is 16.5. The van der Waals surface area contributed by atoms with Crippen molar-refractivity contribution >= 4 is 45.4 Å². The van der Waals surface area contributed by atoms with Crippen LogP contribution in [0.15, 0.2) is 35.7 Å². The lowest BCUT2D eigenvalue weighted by molar-refractivity contribution is -0.881. The number of nitriles is 1. The summed E-state index contributed by atoms with van der Waals surface area (Å²) in [6.07, 6.45) is 0. The fraction of sp³-hybridized carbons (Fsp3) is 0.263. The first-order valence-electron chi connectivity index (χ1n) is 8.69. The smallest absolute Gasteiger partial charge is 0.280 e. The SMILES string of the molecule is CC[NH+](CC(=O)Nc1ccc(NC(C)=O)cc1)CC(=O)Nc1sccc1C#N. The molecule has 0 aliphatic heterocycles. The van der Waals surface area contributed by atoms with E-state index in [9.17, 15) is 14.4 Å². The molecule has 1 atom stereocenters. The van der Waals surface area contributed by atoms with Gasteiger partial charge >= 0.3 is 0 Å². The van der Waals surface area contributed by atoms with Gasteiger partial charge < -0.3 is 20.9 Å². The Hall–Kier alpha value is -3.22. The molecule has 0 saturated carbocycles. The summed E-state index contributed by atoms with van der Waals surface area (Å²) >= 11 is 1.29. The average Bonchev–Trinajstić information content (AvgIpc) is 3.09. The van der Waals surface area contributed by atoms with Crippen LogP contribution in [0.4, 0.5) is 16.4 Å². The highest BCUT2D eigenvalue weighted by molar-refractivity contribution is 7.14. The highest BCUT2D eigenvalue weighted by atomic mass is 32.1. The maximum absolute atomic E-state index is 12.3. The molecular formula is C19H22N5O3S+. The van der Waals surface area contributed by atoms with E-state index in [1.807, 2.05) is 13.0 Å². The number of hydrogen-bond donors (Lipinski definition) is 4. The van der Waals surface area contributed by atoms with Crippen molar-refractivity contribution in [3.8, 4) is 6.07 Å². The van der Waals surface area contributed by atoms with E-state index in [-0.39, 0.29) is 30.8 Å². The van der Waals surface area contributed by atoms with Gasteiger partial charge in [-0.3, -0.25) is 14.4 Å². The summed E-state index contributed by atoms with van der Waals surface area (Å²) < 4.78 is 0. The van der Waals surface area contributed by atoms with Crippen LogP contribution in [0, 0.1) is 11.3 Å². The van der Waals surface area contributed by atoms with Gasteiger partial charge in [0.1, 0.15) is 11.1 Å². The number of thiophene rings is 1. The number of nitrogens with zero attached hydrogens (tertiary/aromatic N) is 1. The van der Waals surface area contributed by atoms with Gasteiger partial charge in [0.15, 0.2) is 13.1 Å². The normalized spacial score (nSPS) is 11.2. The van der Waals surface area contributed by atoms with Crippen LogP contribution in [-0.2, 0) is 14.4 Å². The molecule has 9 heteroatoms. The first kappa shape index (κ1) is 21.1. The second kappa shape index (κ2) is 10.2. The van der Waals surface area contributed by atoms with Gasteiger partial charge in [0.05, 0.1) is 12.1 Å². The molecule has 1 unspecified atom stereocenters. The molecule has 8 nitrogen and oxygen atoms in total. The van der Waals surface area contributed by atoms with E-state index in [2.05, 4.69) is 16.0 Å². The predicted octanol–water partition coefficient (Wildman–Crippen LogP) is 1.06. The Morgan fingerprint density at radius 2 is 1.57 bits per heavy atom. The number of carbonyl (C=O) groups is 3. The fourth-order valence-corrected chi connectivity index (χ4v) is 3.23. The van der Waals surface area contributed by atoms with Crippen LogP contribution in [0.3, 0.4) is 0 Å². The zero-order chi connectivity index (χ0) is 20.5. The Morgan fingerprint density at radius 1 is 1.00 bits per heavy atom. The molecule has 0 radical (unpaired) electrons. The minimum absolute atomic E-state index is 0.119. The fourth-order valence-electron chi connectivity index (χ4n) is 2.48. The van der Waals surface area contributed by atoms with Crippen LogP contribution < -0.4 is 20.9 Å². The Morgan fingerprint density at radius 3 is 2.11 bits per heavy atom. The minimum Gasteiger partial charge on any atom is -0.326 e. The van der Waals surface area contributed by atoms with Gasteiger partial charge in [0, 0.05) is 18.3 Å². The van der Waals surface area contributed by atoms with Crippen LogP contribution in [0.5, 0.6) is 0 Å². The van der Waals surface area contributed by atoms with Crippen molar-refractivity contribution in [2.75, 3.05) is 35.6 Å². The number of likely N-dealkylation sites (N-methyl/N-ethyl adjacent to an activating group) is 1. The van der Waals surface area contributed by atoms with Crippen LogP contribution in [0.2, 0.25) is 0 Å². The van der Waals surface area contributed by atoms with E-state index in [4.69, 9.17) is 5.26 Å². The van der Waals surface area contributed by atoms with Crippen molar-refractivity contribution in [2.24, 2.45) is 0 Å². The Labute approximate surface area is 167 Å². The molecule has 4 N–H and O–H groups in total. The molecule has 2 aromatic rings. The Balaban J connectivity index is 1.86. The van der Waals surface area contributed by atoms with Crippen molar-refractivity contribution < 1.29 is 19.3 Å². The van der Waals surface area contributed by atoms with Crippen molar-refractivity contribution in [3.63, 3.8) is 0 Å². The van der Waals surface area contributed by atoms with Crippen molar-refractivity contribution in [3.05, 3.63) is 41.3 Å². The van der Waals surface area contributed by atoms with E-state index in [1.54, 1.807) is 35.7 Å². The molecule has 3 amide bonds. The van der Waals surface area contributed by atoms with Gasteiger partial charge in [0.25, 0.3) is 11.8 Å². The van der Waals surface area contributed by atoms with E-state index < -0.39 is 0 Å². The van der Waals surface area contributed by atoms with Gasteiger partial charge in [-0.25, -0.2) is 0 Å². The highest BCUT2D eigenvalue weighted by Gasteiger charge is 2.18. The molecule has 146 valence electrons. The third kappa shape index (κ3) is 6.50. The first-order chi connectivity index (χ1) is 13.4. The van der Waals surface area contributed by atoms with Gasteiger partial charge in [0.2, 0.25) is 5.91 Å². The van der Waals surface area contributed by atoms with Crippen molar-refractivity contribution in [2.45, 2.75) is 13.8 Å². The van der Waals surface area contributed by atoms with Crippen LogP contribution >= 0.6 is 11.3 Å². The topological polar surface area (TPSA) is 116 Å². The molecule has 1 aromatic heterocycles. The minimum atomic E-state index is -0.247. The lowest BCUT2D eigenvalue weighted by Crippen LogP contribution is -3.13. The monoisotopic (exact) mass is 400 g/mol. The third-order valence-electron chi connectivity index (χ3n) is 3.85. The molecular weight excluding hydrogens is 378 g/mol. The van der Waals surface area contributed by atoms with Gasteiger partial charge in [-0.2, -0.15) is 5.26 Å². The van der Waals surface area contributed by atoms with Gasteiger partial charge in [-0.15, -0.1) is 11.3 Å². The number of carbonyl (C=O) groups excluding carboxylic acids is 3. The van der Waals surface area contributed by atoms with E-state index in [0.717, 1.165) is 4.90 Å². The summed E-state index contributed by atoms with van der Waals surface area (Å²) in [7, 11) is 0. The predicted molar refractivity (Wildman–Crippen MR) is 108 cm³/mol. The van der Waals surface area contributed by atoms with E-state index in [0.29, 0.717) is 28.5 Å². The summed E-state index contributed by atoms with van der Waals surface area (Å²) in [5.74, 6) is -0.629. The maximum atomic E-state index is 12.3. The van der Waals surface area contributed by atoms with Crippen molar-refractivity contribution in [1.29, 1.82) is 5.26 Å². The number of benzene rings is 1. The molecule has 0 aliphatic rings. The molecule has 0 saturated heterocycles. The van der Waals surface area contributed by atoms with E-state index >= 15 is 0 Å². The van der Waals surface area contributed by atoms with Crippen molar-refractivity contribution in [1.82, 2.24) is 0 Å². The molecule has 1 aromatic carbocycles.